The Labute approximate surface area is 167 Å². The first-order valence-electron chi connectivity index (χ1n) is 9.57. The van der Waals surface area contributed by atoms with Crippen molar-refractivity contribution in [3.8, 4) is 0 Å². The molecule has 0 radical (unpaired) electrons. The maximum absolute atomic E-state index is 13.0. The monoisotopic (exact) mass is 406 g/mol. The van der Waals surface area contributed by atoms with Crippen LogP contribution in [-0.2, 0) is 20.9 Å². The zero-order valence-corrected chi connectivity index (χ0v) is 16.7. The molecular weight excluding hydrogens is 382 g/mol. The molecule has 0 aliphatic carbocycles. The number of rotatable bonds is 8. The molecule has 2 fully saturated rings. The Morgan fingerprint density at radius 3 is 2.71 bits per heavy atom. The van der Waals surface area contributed by atoms with Gasteiger partial charge in [0.05, 0.1) is 12.6 Å². The molecule has 0 unspecified atom stereocenters. The number of nitrogens with zero attached hydrogens (tertiary/aromatic N) is 3. The van der Waals surface area contributed by atoms with Crippen LogP contribution in [-0.4, -0.2) is 63.7 Å². The van der Waals surface area contributed by atoms with Crippen molar-refractivity contribution in [1.29, 1.82) is 0 Å². The highest BCUT2D eigenvalue weighted by Crippen LogP contribution is 2.32. The van der Waals surface area contributed by atoms with Crippen LogP contribution in [0.1, 0.15) is 43.9 Å². The highest BCUT2D eigenvalue weighted by atomic mass is 32.1. The van der Waals surface area contributed by atoms with E-state index in [1.54, 1.807) is 16.2 Å². The van der Waals surface area contributed by atoms with Crippen molar-refractivity contribution < 1.29 is 24.3 Å². The third-order valence-corrected chi connectivity index (χ3v) is 6.07. The van der Waals surface area contributed by atoms with Gasteiger partial charge in [-0.3, -0.25) is 14.5 Å². The maximum atomic E-state index is 13.0. The third kappa shape index (κ3) is 4.04. The first-order chi connectivity index (χ1) is 13.4. The van der Waals surface area contributed by atoms with Crippen molar-refractivity contribution >= 4 is 35.2 Å². The Morgan fingerprint density at radius 1 is 1.29 bits per heavy atom. The van der Waals surface area contributed by atoms with Crippen LogP contribution in [0.2, 0.25) is 0 Å². The number of aliphatic carboxylic acids is 1. The number of hydrogen-bond donors (Lipinski definition) is 0. The molecule has 2 aliphatic rings. The van der Waals surface area contributed by atoms with Gasteiger partial charge in [0.1, 0.15) is 6.04 Å². The van der Waals surface area contributed by atoms with Crippen molar-refractivity contribution in [3.63, 3.8) is 0 Å². The largest absolute Gasteiger partial charge is 0.550 e. The van der Waals surface area contributed by atoms with Crippen LogP contribution in [0.25, 0.3) is 0 Å². The molecule has 2 aliphatic heterocycles. The first kappa shape index (κ1) is 20.3. The van der Waals surface area contributed by atoms with E-state index in [1.807, 2.05) is 24.4 Å². The summed E-state index contributed by atoms with van der Waals surface area (Å²) in [5.74, 6) is -1.77. The van der Waals surface area contributed by atoms with Crippen LogP contribution in [0.15, 0.2) is 17.5 Å². The molecule has 152 valence electrons. The Morgan fingerprint density at radius 2 is 2.07 bits per heavy atom. The van der Waals surface area contributed by atoms with Crippen molar-refractivity contribution in [3.05, 3.63) is 22.4 Å². The van der Waals surface area contributed by atoms with Gasteiger partial charge >= 0.3 is 6.03 Å². The summed E-state index contributed by atoms with van der Waals surface area (Å²) in [6.07, 6.45) is 1.23. The Hall–Kier alpha value is -2.42. The lowest BCUT2D eigenvalue weighted by molar-refractivity contribution is -0.305. The van der Waals surface area contributed by atoms with Gasteiger partial charge in [0.25, 0.3) is 5.91 Å². The minimum absolute atomic E-state index is 0.0527. The molecule has 0 N–H and O–H groups in total. The van der Waals surface area contributed by atoms with Gasteiger partial charge in [0.15, 0.2) is 0 Å². The quantitative estimate of drug-likeness (QED) is 0.636. The van der Waals surface area contributed by atoms with Crippen LogP contribution in [0.4, 0.5) is 4.79 Å². The fourth-order valence-corrected chi connectivity index (χ4v) is 4.65. The van der Waals surface area contributed by atoms with Gasteiger partial charge in [-0.05, 0) is 37.1 Å². The predicted molar refractivity (Wildman–Crippen MR) is 100 cm³/mol. The Kier molecular flexibility index (Phi) is 6.33. The highest BCUT2D eigenvalue weighted by Gasteiger charge is 2.52. The number of carboxylic acids is 1. The number of likely N-dealkylation sites (tertiary alicyclic amines) is 1. The molecule has 0 aromatic carbocycles. The lowest BCUT2D eigenvalue weighted by atomic mass is 10.0. The second kappa shape index (κ2) is 8.72. The molecule has 28 heavy (non-hydrogen) atoms. The zero-order chi connectivity index (χ0) is 20.3. The van der Waals surface area contributed by atoms with Crippen LogP contribution in [0.5, 0.6) is 0 Å². The van der Waals surface area contributed by atoms with Gasteiger partial charge in [0, 0.05) is 30.4 Å². The van der Waals surface area contributed by atoms with Gasteiger partial charge in [-0.2, -0.15) is 0 Å². The lowest BCUT2D eigenvalue weighted by Gasteiger charge is -2.43. The zero-order valence-electron chi connectivity index (χ0n) is 15.8. The average Bonchev–Trinajstić information content (AvgIpc) is 3.31. The van der Waals surface area contributed by atoms with Gasteiger partial charge in [0.2, 0.25) is 5.91 Å². The van der Waals surface area contributed by atoms with Crippen molar-refractivity contribution in [1.82, 2.24) is 14.7 Å². The lowest BCUT2D eigenvalue weighted by Crippen LogP contribution is -2.65. The molecule has 3 rings (SSSR count). The second-order valence-electron chi connectivity index (χ2n) is 7.09. The van der Waals surface area contributed by atoms with E-state index >= 15 is 0 Å². The number of hydrogen-bond acceptors (Lipinski definition) is 6. The summed E-state index contributed by atoms with van der Waals surface area (Å²) >= 11 is 1.55. The number of urea groups is 1. The number of carboxylic acid groups (broad SMARTS) is 1. The Bertz CT molecular complexity index is 751. The normalized spacial score (nSPS) is 22.0. The molecule has 0 spiro atoms. The van der Waals surface area contributed by atoms with E-state index < -0.39 is 12.0 Å². The average molecular weight is 406 g/mol. The summed E-state index contributed by atoms with van der Waals surface area (Å²) in [6, 6.07) is 2.53. The van der Waals surface area contributed by atoms with Crippen LogP contribution in [0, 0.1) is 0 Å². The van der Waals surface area contributed by atoms with Gasteiger partial charge in [-0.15, -0.1) is 11.3 Å². The van der Waals surface area contributed by atoms with Gasteiger partial charge in [-0.1, -0.05) is 13.0 Å². The Balaban J connectivity index is 1.80. The standard InChI is InChI=1S/C19H25N3O5S/c1-2-9-21-18(26)17-14(22(19(21)27)12-13-5-4-11-28-13)8-10-20(17)15(23)6-3-7-16(24)25/h4-5,11,14,17H,2-3,6-10,12H2,1H3,(H,24,25)/p-1/t14-,17+/m1/s1. The van der Waals surface area contributed by atoms with Crippen LogP contribution in [0.3, 0.4) is 0 Å². The fourth-order valence-electron chi connectivity index (χ4n) is 3.94. The molecule has 1 aromatic heterocycles. The molecule has 0 saturated carbocycles. The number of amides is 4. The van der Waals surface area contributed by atoms with E-state index in [0.29, 0.717) is 32.5 Å². The van der Waals surface area contributed by atoms with Crippen molar-refractivity contribution in [2.75, 3.05) is 13.1 Å². The second-order valence-corrected chi connectivity index (χ2v) is 8.13. The minimum atomic E-state index is -1.19. The van der Waals surface area contributed by atoms with E-state index in [1.165, 1.54) is 9.80 Å². The molecule has 2 atom stereocenters. The molecule has 2 saturated heterocycles. The summed E-state index contributed by atoms with van der Waals surface area (Å²) in [6.45, 7) is 3.01. The topological polar surface area (TPSA) is 101 Å². The van der Waals surface area contributed by atoms with Crippen LogP contribution < -0.4 is 5.11 Å². The molecule has 4 amide bonds. The molecule has 1 aromatic rings. The van der Waals surface area contributed by atoms with E-state index in [9.17, 15) is 24.3 Å². The maximum Gasteiger partial charge on any atom is 0.327 e. The summed E-state index contributed by atoms with van der Waals surface area (Å²) in [4.78, 5) is 54.8. The number of imide groups is 1. The van der Waals surface area contributed by atoms with Gasteiger partial charge < -0.3 is 19.7 Å². The number of carbonyl (C=O) groups is 4. The van der Waals surface area contributed by atoms with Crippen molar-refractivity contribution in [2.45, 2.75) is 57.7 Å². The number of thiophene rings is 1. The summed E-state index contributed by atoms with van der Waals surface area (Å²) in [7, 11) is 0. The number of fused-ring (bicyclic) bond motifs is 1. The predicted octanol–water partition coefficient (Wildman–Crippen LogP) is 0.812. The molecule has 8 nitrogen and oxygen atoms in total. The number of carbonyl (C=O) groups excluding carboxylic acids is 4. The van der Waals surface area contributed by atoms with E-state index in [4.69, 9.17) is 0 Å². The van der Waals surface area contributed by atoms with E-state index in [-0.39, 0.29) is 43.1 Å². The third-order valence-electron chi connectivity index (χ3n) is 5.21. The SMILES string of the molecule is CCCN1C(=O)[C@@H]2[C@@H](CCN2C(=O)CCCC(=O)[O-])N(Cc2cccs2)C1=O. The fraction of sp³-hybridized carbons (Fsp3) is 0.579. The highest BCUT2D eigenvalue weighted by molar-refractivity contribution is 7.09. The van der Waals surface area contributed by atoms with E-state index in [0.717, 1.165) is 4.88 Å². The summed E-state index contributed by atoms with van der Waals surface area (Å²) in [5.41, 5.74) is 0. The van der Waals surface area contributed by atoms with E-state index in [2.05, 4.69) is 0 Å². The van der Waals surface area contributed by atoms with Crippen molar-refractivity contribution in [2.24, 2.45) is 0 Å². The summed E-state index contributed by atoms with van der Waals surface area (Å²) in [5, 5.41) is 12.5. The van der Waals surface area contributed by atoms with Gasteiger partial charge in [-0.25, -0.2) is 4.79 Å². The minimum Gasteiger partial charge on any atom is -0.550 e. The first-order valence-corrected chi connectivity index (χ1v) is 10.5. The summed E-state index contributed by atoms with van der Waals surface area (Å²) < 4.78 is 0. The smallest absolute Gasteiger partial charge is 0.327 e. The molecule has 9 heteroatoms. The van der Waals surface area contributed by atoms with Crippen LogP contribution >= 0.6 is 11.3 Å². The molecular formula is C19H24N3O5S-. The molecule has 0 bridgehead atoms. The molecule has 3 heterocycles.